The molecule has 1 rings (SSSR count). The lowest BCUT2D eigenvalue weighted by atomic mass is 9.91. The average Bonchev–Trinajstić information content (AvgIpc) is 2.38. The number of nitrogens with one attached hydrogen (secondary N) is 2. The Morgan fingerprint density at radius 3 is 2.33 bits per heavy atom. The Morgan fingerprint density at radius 2 is 1.76 bits per heavy atom. The molecule has 0 aliphatic heterocycles. The average molecular weight is 317 g/mol. The third-order valence-electron chi connectivity index (χ3n) is 3.66. The molecule has 0 atom stereocenters. The molecule has 0 heterocycles. The van der Waals surface area contributed by atoms with Crippen molar-refractivity contribution in [2.24, 2.45) is 0 Å². The topological polar surface area (TPSA) is 50.4 Å². The Hall–Kier alpha value is -0.420. The second-order valence-electron chi connectivity index (χ2n) is 6.85. The van der Waals surface area contributed by atoms with Crippen molar-refractivity contribution < 1.29 is 9.53 Å². The predicted molar refractivity (Wildman–Crippen MR) is 91.0 cm³/mol. The van der Waals surface area contributed by atoms with Crippen molar-refractivity contribution in [1.82, 2.24) is 10.6 Å². The lowest BCUT2D eigenvalue weighted by Gasteiger charge is -2.30. The second-order valence-corrected chi connectivity index (χ2v) is 7.83. The van der Waals surface area contributed by atoms with Crippen molar-refractivity contribution in [1.29, 1.82) is 0 Å². The highest BCUT2D eigenvalue weighted by atomic mass is 32.2. The molecule has 4 nitrogen and oxygen atoms in total. The molecule has 2 N–H and O–H groups in total. The number of hydrogen-bond donors (Lipinski definition) is 2. The van der Waals surface area contributed by atoms with Gasteiger partial charge in [0, 0.05) is 12.1 Å². The molecule has 1 aliphatic carbocycles. The summed E-state index contributed by atoms with van der Waals surface area (Å²) in [6.45, 7) is 6.80. The number of unbranched alkanes of at least 4 members (excludes halogenated alkanes) is 1. The molecule has 0 aromatic rings. The molecule has 0 spiro atoms. The minimum atomic E-state index is -0.417. The number of rotatable bonds is 7. The van der Waals surface area contributed by atoms with Gasteiger partial charge in [-0.1, -0.05) is 0 Å². The van der Waals surface area contributed by atoms with Crippen LogP contribution in [0.3, 0.4) is 0 Å². The van der Waals surface area contributed by atoms with E-state index in [2.05, 4.69) is 16.9 Å². The van der Waals surface area contributed by atoms with Gasteiger partial charge in [-0.3, -0.25) is 0 Å². The van der Waals surface area contributed by atoms with E-state index in [-0.39, 0.29) is 12.1 Å². The summed E-state index contributed by atoms with van der Waals surface area (Å²) in [6, 6.07) is 0.894. The van der Waals surface area contributed by atoms with Crippen LogP contribution in [0, 0.1) is 0 Å². The van der Waals surface area contributed by atoms with Crippen LogP contribution in [-0.2, 0) is 4.74 Å². The van der Waals surface area contributed by atoms with Gasteiger partial charge in [0.05, 0.1) is 0 Å². The van der Waals surface area contributed by atoms with Crippen LogP contribution in [0.2, 0.25) is 0 Å². The first-order valence-electron chi connectivity index (χ1n) is 8.12. The zero-order valence-corrected chi connectivity index (χ0v) is 14.9. The van der Waals surface area contributed by atoms with E-state index in [9.17, 15) is 4.79 Å². The first-order chi connectivity index (χ1) is 9.90. The van der Waals surface area contributed by atoms with Gasteiger partial charge < -0.3 is 15.4 Å². The van der Waals surface area contributed by atoms with Crippen LogP contribution >= 0.6 is 11.8 Å². The smallest absolute Gasteiger partial charge is 0.407 e. The van der Waals surface area contributed by atoms with Gasteiger partial charge >= 0.3 is 6.09 Å². The Bertz CT molecular complexity index is 297. The summed E-state index contributed by atoms with van der Waals surface area (Å²) >= 11 is 1.92. The first-order valence-corrected chi connectivity index (χ1v) is 9.52. The molecule has 0 unspecified atom stereocenters. The maximum atomic E-state index is 11.7. The van der Waals surface area contributed by atoms with Gasteiger partial charge in [0.1, 0.15) is 5.60 Å². The largest absolute Gasteiger partial charge is 0.444 e. The number of alkyl carbamates (subject to hydrolysis) is 1. The Kier molecular flexibility index (Phi) is 8.49. The zero-order valence-electron chi connectivity index (χ0n) is 14.0. The fourth-order valence-electron chi connectivity index (χ4n) is 2.59. The maximum absolute atomic E-state index is 11.7. The lowest BCUT2D eigenvalue weighted by molar-refractivity contribution is 0.0490. The fraction of sp³-hybridized carbons (Fsp3) is 0.938. The molecule has 1 amide bonds. The summed E-state index contributed by atoms with van der Waals surface area (Å²) < 4.78 is 5.30. The highest BCUT2D eigenvalue weighted by molar-refractivity contribution is 7.98. The van der Waals surface area contributed by atoms with Crippen molar-refractivity contribution in [3.8, 4) is 0 Å². The van der Waals surface area contributed by atoms with Gasteiger partial charge in [0.2, 0.25) is 0 Å². The molecule has 0 saturated heterocycles. The molecule has 1 aliphatic rings. The van der Waals surface area contributed by atoms with Crippen LogP contribution in [0.4, 0.5) is 4.79 Å². The van der Waals surface area contributed by atoms with Gasteiger partial charge in [-0.05, 0) is 77.8 Å². The van der Waals surface area contributed by atoms with Crippen LogP contribution in [0.25, 0.3) is 0 Å². The number of amides is 1. The quantitative estimate of drug-likeness (QED) is 0.705. The van der Waals surface area contributed by atoms with Crippen molar-refractivity contribution in [3.05, 3.63) is 0 Å². The van der Waals surface area contributed by atoms with E-state index >= 15 is 0 Å². The second kappa shape index (κ2) is 9.57. The van der Waals surface area contributed by atoms with Gasteiger partial charge in [-0.25, -0.2) is 4.79 Å². The zero-order chi connectivity index (χ0) is 15.7. The van der Waals surface area contributed by atoms with Crippen LogP contribution in [0.15, 0.2) is 0 Å². The van der Waals surface area contributed by atoms with Crippen LogP contribution in [0.1, 0.15) is 59.3 Å². The third-order valence-corrected chi connectivity index (χ3v) is 4.35. The van der Waals surface area contributed by atoms with E-state index in [0.717, 1.165) is 32.2 Å². The van der Waals surface area contributed by atoms with E-state index in [0.29, 0.717) is 6.04 Å². The maximum Gasteiger partial charge on any atom is 0.407 e. The van der Waals surface area contributed by atoms with E-state index in [4.69, 9.17) is 4.74 Å². The highest BCUT2D eigenvalue weighted by Crippen LogP contribution is 2.19. The third kappa shape index (κ3) is 9.25. The summed E-state index contributed by atoms with van der Waals surface area (Å²) in [5, 5.41) is 6.63. The highest BCUT2D eigenvalue weighted by Gasteiger charge is 2.24. The molecule has 0 aromatic carbocycles. The molecule has 1 saturated carbocycles. The van der Waals surface area contributed by atoms with Crippen molar-refractivity contribution in [2.75, 3.05) is 18.6 Å². The van der Waals surface area contributed by atoms with Crippen LogP contribution in [0.5, 0.6) is 0 Å². The van der Waals surface area contributed by atoms with Crippen molar-refractivity contribution in [2.45, 2.75) is 77.0 Å². The number of carbonyl (C=O) groups is 1. The van der Waals surface area contributed by atoms with Gasteiger partial charge in [0.15, 0.2) is 0 Å². The molecule has 124 valence electrons. The monoisotopic (exact) mass is 316 g/mol. The van der Waals surface area contributed by atoms with Crippen LogP contribution in [-0.4, -0.2) is 42.3 Å². The van der Waals surface area contributed by atoms with Gasteiger partial charge in [-0.15, -0.1) is 0 Å². The minimum Gasteiger partial charge on any atom is -0.444 e. The van der Waals surface area contributed by atoms with Crippen molar-refractivity contribution >= 4 is 17.9 Å². The lowest BCUT2D eigenvalue weighted by Crippen LogP contribution is -2.44. The summed E-state index contributed by atoms with van der Waals surface area (Å²) in [5.41, 5.74) is -0.417. The molecular weight excluding hydrogens is 284 g/mol. The van der Waals surface area contributed by atoms with Crippen molar-refractivity contribution in [3.63, 3.8) is 0 Å². The summed E-state index contributed by atoms with van der Waals surface area (Å²) in [4.78, 5) is 11.7. The molecule has 5 heteroatoms. The molecular formula is C16H32N2O2S. The predicted octanol–water partition coefficient (Wildman–Crippen LogP) is 3.56. The number of thioether (sulfide) groups is 1. The molecule has 21 heavy (non-hydrogen) atoms. The number of carbonyl (C=O) groups excluding carboxylic acids is 1. The molecule has 0 radical (unpaired) electrons. The van der Waals surface area contributed by atoms with Gasteiger partial charge in [-0.2, -0.15) is 11.8 Å². The summed E-state index contributed by atoms with van der Waals surface area (Å²) in [6.07, 6.45) is 8.80. The van der Waals surface area contributed by atoms with Crippen LogP contribution < -0.4 is 10.6 Å². The molecule has 1 fully saturated rings. The SMILES string of the molecule is CSCCCCNC1CCC(NC(=O)OC(C)(C)C)CC1. The molecule has 0 bridgehead atoms. The standard InChI is InChI=1S/C16H32N2O2S/c1-16(2,3)20-15(19)18-14-9-7-13(8-10-14)17-11-5-6-12-21-4/h13-14,17H,5-12H2,1-4H3,(H,18,19). The summed E-state index contributed by atoms with van der Waals surface area (Å²) in [7, 11) is 0. The van der Waals surface area contributed by atoms with E-state index < -0.39 is 5.60 Å². The molecule has 0 aromatic heterocycles. The Balaban J connectivity index is 2.10. The van der Waals surface area contributed by atoms with E-state index in [1.165, 1.54) is 18.6 Å². The normalized spacial score (nSPS) is 22.9. The number of hydrogen-bond acceptors (Lipinski definition) is 4. The summed E-state index contributed by atoms with van der Waals surface area (Å²) in [5.74, 6) is 1.26. The Labute approximate surface area is 134 Å². The minimum absolute atomic E-state index is 0.273. The van der Waals surface area contributed by atoms with Gasteiger partial charge in [0.25, 0.3) is 0 Å². The Morgan fingerprint density at radius 1 is 1.14 bits per heavy atom. The fourth-order valence-corrected chi connectivity index (χ4v) is 3.09. The first kappa shape index (κ1) is 18.6. The van der Waals surface area contributed by atoms with E-state index in [1.807, 2.05) is 32.5 Å². The van der Waals surface area contributed by atoms with E-state index in [1.54, 1.807) is 0 Å². The number of ether oxygens (including phenoxy) is 1.